The van der Waals surface area contributed by atoms with Crippen molar-refractivity contribution in [2.75, 3.05) is 29.9 Å². The van der Waals surface area contributed by atoms with E-state index in [1.54, 1.807) is 0 Å². The zero-order chi connectivity index (χ0) is 19.3. The van der Waals surface area contributed by atoms with Crippen molar-refractivity contribution < 1.29 is 4.79 Å². The maximum atomic E-state index is 11.8. The summed E-state index contributed by atoms with van der Waals surface area (Å²) in [6.45, 7) is 7.50. The third kappa shape index (κ3) is 4.74. The van der Waals surface area contributed by atoms with Gasteiger partial charge in [-0.1, -0.05) is 31.2 Å². The van der Waals surface area contributed by atoms with Crippen LogP contribution in [-0.2, 0) is 17.9 Å². The number of likely N-dealkylation sites (tertiary alicyclic amines) is 1. The second-order valence-corrected chi connectivity index (χ2v) is 8.32. The highest BCUT2D eigenvalue weighted by molar-refractivity contribution is 5.95. The van der Waals surface area contributed by atoms with Gasteiger partial charge in [-0.3, -0.25) is 9.69 Å². The van der Waals surface area contributed by atoms with Crippen LogP contribution in [0.3, 0.4) is 0 Å². The molecular weight excluding hydrogens is 346 g/mol. The normalized spacial score (nSPS) is 18.6. The number of rotatable bonds is 6. The van der Waals surface area contributed by atoms with E-state index in [-0.39, 0.29) is 5.91 Å². The lowest BCUT2D eigenvalue weighted by Gasteiger charge is -2.30. The van der Waals surface area contributed by atoms with Crippen molar-refractivity contribution in [2.24, 2.45) is 5.92 Å². The highest BCUT2D eigenvalue weighted by Gasteiger charge is 2.21. The summed E-state index contributed by atoms with van der Waals surface area (Å²) in [5.74, 6) is 1.12. The van der Waals surface area contributed by atoms with E-state index in [1.807, 2.05) is 4.90 Å². The molecule has 2 aliphatic heterocycles. The Hall–Kier alpha value is -2.33. The van der Waals surface area contributed by atoms with Gasteiger partial charge in [-0.15, -0.1) is 0 Å². The Morgan fingerprint density at radius 1 is 0.929 bits per heavy atom. The number of amides is 1. The minimum atomic E-state index is 0.241. The molecule has 0 unspecified atom stereocenters. The van der Waals surface area contributed by atoms with Gasteiger partial charge in [0.1, 0.15) is 0 Å². The van der Waals surface area contributed by atoms with E-state index in [2.05, 4.69) is 65.7 Å². The van der Waals surface area contributed by atoms with Gasteiger partial charge in [-0.25, -0.2) is 0 Å². The molecule has 0 aromatic heterocycles. The summed E-state index contributed by atoms with van der Waals surface area (Å²) in [6.07, 6.45) is 4.29. The van der Waals surface area contributed by atoms with E-state index >= 15 is 0 Å². The van der Waals surface area contributed by atoms with Crippen LogP contribution in [0.25, 0.3) is 0 Å². The Kier molecular flexibility index (Phi) is 5.96. The largest absolute Gasteiger partial charge is 0.381 e. The van der Waals surface area contributed by atoms with Crippen molar-refractivity contribution in [2.45, 2.75) is 45.7 Å². The van der Waals surface area contributed by atoms with Crippen LogP contribution in [0.15, 0.2) is 48.5 Å². The molecule has 4 nitrogen and oxygen atoms in total. The summed E-state index contributed by atoms with van der Waals surface area (Å²) in [6, 6.07) is 17.2. The Labute approximate surface area is 168 Å². The van der Waals surface area contributed by atoms with E-state index in [0.717, 1.165) is 43.3 Å². The maximum Gasteiger partial charge on any atom is 0.227 e. The Balaban J connectivity index is 1.27. The van der Waals surface area contributed by atoms with Crippen molar-refractivity contribution in [3.63, 3.8) is 0 Å². The number of benzene rings is 2. The Morgan fingerprint density at radius 3 is 2.25 bits per heavy atom. The number of carbonyl (C=O) groups excluding carboxylic acids is 1. The molecule has 2 aromatic carbocycles. The van der Waals surface area contributed by atoms with Crippen molar-refractivity contribution in [3.05, 3.63) is 59.7 Å². The van der Waals surface area contributed by atoms with Gasteiger partial charge in [0.15, 0.2) is 0 Å². The number of nitrogens with one attached hydrogen (secondary N) is 1. The second-order valence-electron chi connectivity index (χ2n) is 8.32. The monoisotopic (exact) mass is 377 g/mol. The molecule has 2 aliphatic rings. The predicted molar refractivity (Wildman–Crippen MR) is 115 cm³/mol. The smallest absolute Gasteiger partial charge is 0.227 e. The zero-order valence-electron chi connectivity index (χ0n) is 16.9. The van der Waals surface area contributed by atoms with Gasteiger partial charge < -0.3 is 10.2 Å². The lowest BCUT2D eigenvalue weighted by Crippen LogP contribution is -2.32. The molecule has 2 aromatic rings. The summed E-state index contributed by atoms with van der Waals surface area (Å²) in [4.78, 5) is 16.3. The van der Waals surface area contributed by atoms with Gasteiger partial charge in [0.25, 0.3) is 0 Å². The fourth-order valence-electron chi connectivity index (χ4n) is 4.13. The van der Waals surface area contributed by atoms with Crippen molar-refractivity contribution in [3.8, 4) is 0 Å². The van der Waals surface area contributed by atoms with E-state index < -0.39 is 0 Å². The summed E-state index contributed by atoms with van der Waals surface area (Å²) < 4.78 is 0. The van der Waals surface area contributed by atoms with Gasteiger partial charge in [-0.2, -0.15) is 0 Å². The number of piperidine rings is 1. The highest BCUT2D eigenvalue weighted by Crippen LogP contribution is 2.22. The zero-order valence-corrected chi connectivity index (χ0v) is 16.9. The van der Waals surface area contributed by atoms with E-state index in [4.69, 9.17) is 0 Å². The molecule has 28 heavy (non-hydrogen) atoms. The molecule has 2 fully saturated rings. The first-order valence-corrected chi connectivity index (χ1v) is 10.6. The van der Waals surface area contributed by atoms with Gasteiger partial charge in [-0.05, 0) is 73.7 Å². The molecule has 1 amide bonds. The van der Waals surface area contributed by atoms with Crippen LogP contribution in [0.5, 0.6) is 0 Å². The highest BCUT2D eigenvalue weighted by atomic mass is 16.2. The van der Waals surface area contributed by atoms with Crippen molar-refractivity contribution in [1.29, 1.82) is 0 Å². The summed E-state index contributed by atoms with van der Waals surface area (Å²) in [5.41, 5.74) is 4.78. The quantitative estimate of drug-likeness (QED) is 0.795. The van der Waals surface area contributed by atoms with Gasteiger partial charge in [0, 0.05) is 37.4 Å². The fraction of sp³-hybridized carbons (Fsp3) is 0.458. The average Bonchev–Trinajstić information content (AvgIpc) is 3.15. The van der Waals surface area contributed by atoms with Crippen LogP contribution < -0.4 is 10.2 Å². The first-order valence-electron chi connectivity index (χ1n) is 10.6. The molecule has 1 N–H and O–H groups in total. The number of nitrogens with zero attached hydrogens (tertiary/aromatic N) is 2. The SMILES string of the molecule is CC1CCN(Cc2ccc(NCc3ccc(N4CCCC4=O)cc3)cc2)CC1. The summed E-state index contributed by atoms with van der Waals surface area (Å²) in [5, 5.41) is 3.50. The minimum Gasteiger partial charge on any atom is -0.381 e. The van der Waals surface area contributed by atoms with Gasteiger partial charge >= 0.3 is 0 Å². The van der Waals surface area contributed by atoms with Crippen LogP contribution in [-0.4, -0.2) is 30.4 Å². The van der Waals surface area contributed by atoms with E-state index in [1.165, 1.54) is 37.1 Å². The molecule has 4 heteroatoms. The topological polar surface area (TPSA) is 35.6 Å². The van der Waals surface area contributed by atoms with Crippen molar-refractivity contribution in [1.82, 2.24) is 4.90 Å². The average molecular weight is 378 g/mol. The van der Waals surface area contributed by atoms with Crippen LogP contribution in [0.1, 0.15) is 43.7 Å². The fourth-order valence-corrected chi connectivity index (χ4v) is 4.13. The minimum absolute atomic E-state index is 0.241. The molecule has 0 bridgehead atoms. The van der Waals surface area contributed by atoms with Crippen LogP contribution in [0, 0.1) is 5.92 Å². The van der Waals surface area contributed by atoms with Crippen LogP contribution >= 0.6 is 0 Å². The van der Waals surface area contributed by atoms with Gasteiger partial charge in [0.05, 0.1) is 0 Å². The molecule has 2 heterocycles. The van der Waals surface area contributed by atoms with E-state index in [9.17, 15) is 4.79 Å². The first-order chi connectivity index (χ1) is 13.7. The third-order valence-electron chi connectivity index (χ3n) is 6.05. The van der Waals surface area contributed by atoms with Crippen molar-refractivity contribution >= 4 is 17.3 Å². The van der Waals surface area contributed by atoms with E-state index in [0.29, 0.717) is 6.42 Å². The molecule has 148 valence electrons. The Bertz CT molecular complexity index is 777. The summed E-state index contributed by atoms with van der Waals surface area (Å²) in [7, 11) is 0. The molecule has 0 atom stereocenters. The maximum absolute atomic E-state index is 11.8. The number of anilines is 2. The van der Waals surface area contributed by atoms with Crippen LogP contribution in [0.4, 0.5) is 11.4 Å². The Morgan fingerprint density at radius 2 is 1.61 bits per heavy atom. The standard InChI is InChI=1S/C24H31N3O/c1-19-12-15-26(16-13-19)18-21-4-8-22(9-5-21)25-17-20-6-10-23(11-7-20)27-14-2-3-24(27)28/h4-11,19,25H,2-3,12-18H2,1H3. The summed E-state index contributed by atoms with van der Waals surface area (Å²) >= 11 is 0. The predicted octanol–water partition coefficient (Wildman–Crippen LogP) is 4.66. The second kappa shape index (κ2) is 8.78. The van der Waals surface area contributed by atoms with Crippen LogP contribution in [0.2, 0.25) is 0 Å². The molecule has 0 radical (unpaired) electrons. The molecule has 0 spiro atoms. The molecule has 0 aliphatic carbocycles. The lowest BCUT2D eigenvalue weighted by atomic mass is 9.99. The van der Waals surface area contributed by atoms with Gasteiger partial charge in [0.2, 0.25) is 5.91 Å². The number of hydrogen-bond acceptors (Lipinski definition) is 3. The number of hydrogen-bond donors (Lipinski definition) is 1. The molecule has 0 saturated carbocycles. The third-order valence-corrected chi connectivity index (χ3v) is 6.05. The number of carbonyl (C=O) groups is 1. The molecule has 4 rings (SSSR count). The molecule has 2 saturated heterocycles. The molecular formula is C24H31N3O. The lowest BCUT2D eigenvalue weighted by molar-refractivity contribution is -0.117. The first kappa shape index (κ1) is 19.0.